The van der Waals surface area contributed by atoms with Gasteiger partial charge in [-0.3, -0.25) is 0 Å². The summed E-state index contributed by atoms with van der Waals surface area (Å²) in [6, 6.07) is 4.38. The first kappa shape index (κ1) is 24.4. The van der Waals surface area contributed by atoms with Gasteiger partial charge < -0.3 is 19.3 Å². The Bertz CT molecular complexity index is 1370. The van der Waals surface area contributed by atoms with Crippen LogP contribution in [-0.4, -0.2) is 67.9 Å². The van der Waals surface area contributed by atoms with Gasteiger partial charge in [-0.2, -0.15) is 0 Å². The molecule has 0 atom stereocenters. The molecule has 4 heterocycles. The number of aromatic nitrogens is 5. The van der Waals surface area contributed by atoms with Crippen LogP contribution in [0.4, 0.5) is 15.0 Å². The summed E-state index contributed by atoms with van der Waals surface area (Å²) in [6.45, 7) is 8.31. The molecule has 11 heteroatoms. The molecule has 1 aliphatic carbocycles. The first-order valence-corrected chi connectivity index (χ1v) is 12.9. The van der Waals surface area contributed by atoms with E-state index in [1.165, 1.54) is 24.8 Å². The number of halogens is 1. The van der Waals surface area contributed by atoms with Crippen molar-refractivity contribution in [2.45, 2.75) is 51.6 Å². The van der Waals surface area contributed by atoms with Crippen molar-refractivity contribution in [3.05, 3.63) is 48.6 Å². The van der Waals surface area contributed by atoms with Crippen LogP contribution in [0, 0.1) is 11.2 Å². The van der Waals surface area contributed by atoms with Gasteiger partial charge in [-0.05, 0) is 58.2 Å². The fourth-order valence-electron chi connectivity index (χ4n) is 5.27. The van der Waals surface area contributed by atoms with Gasteiger partial charge in [0.1, 0.15) is 29.8 Å². The molecule has 3 aromatic rings. The van der Waals surface area contributed by atoms with Crippen molar-refractivity contribution in [1.82, 2.24) is 30.0 Å². The van der Waals surface area contributed by atoms with Crippen molar-refractivity contribution in [2.75, 3.05) is 31.1 Å². The molecule has 198 valence electrons. The number of hydrogen-bond acceptors (Lipinski definition) is 9. The molecular formula is C27H30FN7O3. The minimum absolute atomic E-state index is 0.0271. The Hall–Kier alpha value is -3.89. The minimum atomic E-state index is -0.523. The molecule has 0 unspecified atom stereocenters. The number of rotatable bonds is 5. The maximum Gasteiger partial charge on any atom is 0.410 e. The van der Waals surface area contributed by atoms with Crippen LogP contribution >= 0.6 is 0 Å². The summed E-state index contributed by atoms with van der Waals surface area (Å²) >= 11 is 0. The van der Waals surface area contributed by atoms with Gasteiger partial charge in [-0.1, -0.05) is 0 Å². The van der Waals surface area contributed by atoms with E-state index >= 15 is 0 Å². The fraction of sp³-hybridized carbons (Fsp3) is 0.481. The summed E-state index contributed by atoms with van der Waals surface area (Å²) in [4.78, 5) is 29.4. The number of ether oxygens (including phenoxy) is 2. The number of amides is 1. The third-order valence-corrected chi connectivity index (χ3v) is 7.16. The van der Waals surface area contributed by atoms with Crippen molar-refractivity contribution < 1.29 is 18.7 Å². The predicted molar refractivity (Wildman–Crippen MR) is 136 cm³/mol. The van der Waals surface area contributed by atoms with E-state index in [9.17, 15) is 9.18 Å². The molecule has 2 aliphatic heterocycles. The highest BCUT2D eigenvalue weighted by atomic mass is 19.1. The van der Waals surface area contributed by atoms with Gasteiger partial charge in [-0.15, -0.1) is 10.2 Å². The monoisotopic (exact) mass is 519 g/mol. The molecule has 0 radical (unpaired) electrons. The van der Waals surface area contributed by atoms with Crippen molar-refractivity contribution >= 4 is 11.9 Å². The summed E-state index contributed by atoms with van der Waals surface area (Å²) in [5.41, 5.74) is 1.66. The number of hydrogen-bond donors (Lipinski definition) is 0. The van der Waals surface area contributed by atoms with E-state index in [1.807, 2.05) is 20.8 Å². The van der Waals surface area contributed by atoms with Crippen LogP contribution in [0.1, 0.15) is 51.6 Å². The van der Waals surface area contributed by atoms with Gasteiger partial charge in [0.05, 0.1) is 5.69 Å². The van der Waals surface area contributed by atoms with Crippen LogP contribution in [0.2, 0.25) is 0 Å². The lowest BCUT2D eigenvalue weighted by atomic mass is 9.79. The van der Waals surface area contributed by atoms with Gasteiger partial charge >= 0.3 is 6.09 Å². The fourth-order valence-corrected chi connectivity index (χ4v) is 5.27. The number of carbonyl (C=O) groups excluding carboxylic acids is 1. The first-order chi connectivity index (χ1) is 18.2. The van der Waals surface area contributed by atoms with Gasteiger partial charge in [0.2, 0.25) is 0 Å². The third kappa shape index (κ3) is 4.84. The van der Waals surface area contributed by atoms with Crippen LogP contribution in [0.15, 0.2) is 37.1 Å². The molecular weight excluding hydrogens is 489 g/mol. The SMILES string of the molecule is CC(C)(C)OC(=O)N1CC2(CCN(c3ncnnc3Oc3ccc(F)cc3-c3cncnc3C3CC3)C2)C1. The van der Waals surface area contributed by atoms with Gasteiger partial charge in [0.25, 0.3) is 5.88 Å². The zero-order chi connectivity index (χ0) is 26.5. The molecule has 6 rings (SSSR count). The number of nitrogens with zero attached hydrogens (tertiary/aromatic N) is 7. The summed E-state index contributed by atoms with van der Waals surface area (Å²) in [6.07, 6.45) is 7.34. The minimum Gasteiger partial charge on any atom is -0.444 e. The summed E-state index contributed by atoms with van der Waals surface area (Å²) < 4.78 is 26.2. The van der Waals surface area contributed by atoms with E-state index in [4.69, 9.17) is 9.47 Å². The van der Waals surface area contributed by atoms with Crippen molar-refractivity contribution in [3.8, 4) is 22.8 Å². The lowest BCUT2D eigenvalue weighted by Gasteiger charge is -2.47. The lowest BCUT2D eigenvalue weighted by Crippen LogP contribution is -2.60. The predicted octanol–water partition coefficient (Wildman–Crippen LogP) is 4.58. The molecule has 0 N–H and O–H groups in total. The zero-order valence-electron chi connectivity index (χ0n) is 21.7. The molecule has 2 saturated heterocycles. The van der Waals surface area contributed by atoms with Crippen LogP contribution in [0.5, 0.6) is 11.6 Å². The second-order valence-electron chi connectivity index (χ2n) is 11.4. The average Bonchev–Trinajstić information content (AvgIpc) is 3.61. The van der Waals surface area contributed by atoms with Crippen LogP contribution in [-0.2, 0) is 4.74 Å². The van der Waals surface area contributed by atoms with Gasteiger partial charge in [0, 0.05) is 54.8 Å². The largest absolute Gasteiger partial charge is 0.444 e. The van der Waals surface area contributed by atoms with E-state index in [-0.39, 0.29) is 23.2 Å². The molecule has 1 amide bonds. The molecule has 1 aromatic carbocycles. The number of carbonyl (C=O) groups is 1. The molecule has 0 bridgehead atoms. The number of anilines is 1. The van der Waals surface area contributed by atoms with Gasteiger partial charge in [0.15, 0.2) is 5.82 Å². The molecule has 3 aliphatic rings. The first-order valence-electron chi connectivity index (χ1n) is 12.9. The van der Waals surface area contributed by atoms with Crippen molar-refractivity contribution in [2.24, 2.45) is 5.41 Å². The zero-order valence-corrected chi connectivity index (χ0v) is 21.7. The Kier molecular flexibility index (Phi) is 5.88. The highest BCUT2D eigenvalue weighted by Gasteiger charge is 2.51. The van der Waals surface area contributed by atoms with Crippen molar-refractivity contribution in [1.29, 1.82) is 0 Å². The highest BCUT2D eigenvalue weighted by Crippen LogP contribution is 2.46. The second kappa shape index (κ2) is 9.14. The Morgan fingerprint density at radius 1 is 1.11 bits per heavy atom. The molecule has 3 fully saturated rings. The Balaban J connectivity index is 1.22. The molecule has 1 saturated carbocycles. The Labute approximate surface area is 220 Å². The quantitative estimate of drug-likeness (QED) is 0.479. The molecule has 1 spiro atoms. The average molecular weight is 520 g/mol. The van der Waals surface area contributed by atoms with Crippen LogP contribution in [0.3, 0.4) is 0 Å². The molecule has 2 aromatic heterocycles. The lowest BCUT2D eigenvalue weighted by molar-refractivity contribution is -0.0266. The summed E-state index contributed by atoms with van der Waals surface area (Å²) in [5, 5.41) is 8.18. The van der Waals surface area contributed by atoms with E-state index in [2.05, 4.69) is 30.0 Å². The topological polar surface area (TPSA) is 106 Å². The normalized spacial score (nSPS) is 18.4. The maximum absolute atomic E-state index is 14.4. The van der Waals surface area contributed by atoms with Crippen LogP contribution < -0.4 is 9.64 Å². The highest BCUT2D eigenvalue weighted by molar-refractivity contribution is 5.73. The smallest absolute Gasteiger partial charge is 0.410 e. The standard InChI is InChI=1S/C27H30FN7O3/c1-26(2,3)38-25(36)35-13-27(14-35)8-9-34(12-27)23-24(33-32-16-31-23)37-21-7-6-18(28)10-19(21)20-11-29-15-30-22(20)17-4-5-17/h6-7,10-11,15-17H,4-5,8-9,12-14H2,1-3H3. The second-order valence-corrected chi connectivity index (χ2v) is 11.4. The Morgan fingerprint density at radius 3 is 2.68 bits per heavy atom. The maximum atomic E-state index is 14.4. The van der Waals surface area contributed by atoms with E-state index < -0.39 is 5.60 Å². The third-order valence-electron chi connectivity index (χ3n) is 7.16. The number of benzene rings is 1. The number of likely N-dealkylation sites (tertiary alicyclic amines) is 1. The van der Waals surface area contributed by atoms with Crippen molar-refractivity contribution in [3.63, 3.8) is 0 Å². The molecule has 38 heavy (non-hydrogen) atoms. The van der Waals surface area contributed by atoms with Gasteiger partial charge in [-0.25, -0.2) is 24.1 Å². The van der Waals surface area contributed by atoms with E-state index in [0.717, 1.165) is 37.1 Å². The summed E-state index contributed by atoms with van der Waals surface area (Å²) in [5.74, 6) is 1.21. The van der Waals surface area contributed by atoms with E-state index in [1.54, 1.807) is 17.2 Å². The molecule has 10 nitrogen and oxygen atoms in total. The van der Waals surface area contributed by atoms with E-state index in [0.29, 0.717) is 42.7 Å². The van der Waals surface area contributed by atoms with Crippen LogP contribution in [0.25, 0.3) is 11.1 Å². The Morgan fingerprint density at radius 2 is 1.92 bits per heavy atom. The summed E-state index contributed by atoms with van der Waals surface area (Å²) in [7, 11) is 0.